The molecule has 0 saturated carbocycles. The van der Waals surface area contributed by atoms with Crippen LogP contribution in [0, 0.1) is 0 Å². The van der Waals surface area contributed by atoms with Gasteiger partial charge in [-0.05, 0) is 23.3 Å². The molecule has 0 aliphatic heterocycles. The number of para-hydroxylation sites is 1. The number of hydrogen-bond acceptors (Lipinski definition) is 2. The number of anilines is 1. The Labute approximate surface area is 113 Å². The van der Waals surface area contributed by atoms with E-state index in [0.29, 0.717) is 0 Å². The maximum absolute atomic E-state index is 10.6. The third-order valence-electron chi connectivity index (χ3n) is 3.72. The summed E-state index contributed by atoms with van der Waals surface area (Å²) < 4.78 is 0. The van der Waals surface area contributed by atoms with Crippen LogP contribution >= 0.6 is 0 Å². The second-order valence-electron chi connectivity index (χ2n) is 4.87. The van der Waals surface area contributed by atoms with Gasteiger partial charge < -0.3 is 10.0 Å². The Balaban J connectivity index is 1.92. The van der Waals surface area contributed by atoms with Crippen LogP contribution in [0.25, 0.3) is 6.08 Å². The first-order valence-electron chi connectivity index (χ1n) is 6.50. The number of likely N-dealkylation sites (N-methyl/N-ethyl adjacent to an activating group) is 1. The van der Waals surface area contributed by atoms with Crippen LogP contribution in [0.2, 0.25) is 0 Å². The topological polar surface area (TPSA) is 23.5 Å². The van der Waals surface area contributed by atoms with Crippen LogP contribution in [0.4, 0.5) is 5.69 Å². The van der Waals surface area contributed by atoms with Gasteiger partial charge >= 0.3 is 0 Å². The van der Waals surface area contributed by atoms with E-state index < -0.39 is 6.10 Å². The van der Waals surface area contributed by atoms with E-state index in [2.05, 4.69) is 29.2 Å². The predicted octanol–water partition coefficient (Wildman–Crippen LogP) is 3.25. The second kappa shape index (κ2) is 4.90. The van der Waals surface area contributed by atoms with Crippen molar-refractivity contribution in [2.45, 2.75) is 12.1 Å². The molecule has 0 heterocycles. The van der Waals surface area contributed by atoms with E-state index in [-0.39, 0.29) is 6.04 Å². The SMILES string of the molecule is CN(c1ccccc1)[C@@H]1C=Cc2ccccc2[C@H]1O. The first-order valence-corrected chi connectivity index (χ1v) is 6.50. The Bertz CT molecular complexity index is 591. The third-order valence-corrected chi connectivity index (χ3v) is 3.72. The smallest absolute Gasteiger partial charge is 0.103 e. The summed E-state index contributed by atoms with van der Waals surface area (Å²) >= 11 is 0. The van der Waals surface area contributed by atoms with Crippen LogP contribution in [-0.4, -0.2) is 18.2 Å². The molecule has 0 unspecified atom stereocenters. The number of aliphatic hydroxyl groups is 1. The third kappa shape index (κ3) is 2.15. The standard InChI is InChI=1S/C17H17NO/c1-18(14-8-3-2-4-9-14)16-12-11-13-7-5-6-10-15(13)17(16)19/h2-12,16-17,19H,1H3/t16-,17-/m1/s1. The molecule has 3 rings (SSSR count). The number of hydrogen-bond donors (Lipinski definition) is 1. The maximum atomic E-state index is 10.6. The zero-order valence-corrected chi connectivity index (χ0v) is 10.9. The average molecular weight is 251 g/mol. The molecule has 0 spiro atoms. The summed E-state index contributed by atoms with van der Waals surface area (Å²) in [5.74, 6) is 0. The van der Waals surface area contributed by atoms with Crippen LogP contribution in [0.15, 0.2) is 60.7 Å². The molecule has 2 aromatic carbocycles. The second-order valence-corrected chi connectivity index (χ2v) is 4.87. The lowest BCUT2D eigenvalue weighted by Gasteiger charge is -2.34. The van der Waals surface area contributed by atoms with Crippen molar-refractivity contribution in [3.63, 3.8) is 0 Å². The van der Waals surface area contributed by atoms with Crippen molar-refractivity contribution in [3.8, 4) is 0 Å². The van der Waals surface area contributed by atoms with E-state index in [0.717, 1.165) is 16.8 Å². The van der Waals surface area contributed by atoms with Crippen LogP contribution in [0.1, 0.15) is 17.2 Å². The molecule has 0 bridgehead atoms. The summed E-state index contributed by atoms with van der Waals surface area (Å²) in [6.45, 7) is 0. The molecule has 2 heteroatoms. The minimum Gasteiger partial charge on any atom is -0.386 e. The first-order chi connectivity index (χ1) is 9.27. The highest BCUT2D eigenvalue weighted by Crippen LogP contribution is 2.32. The fourth-order valence-electron chi connectivity index (χ4n) is 2.60. The minimum atomic E-state index is -0.494. The zero-order valence-electron chi connectivity index (χ0n) is 10.9. The maximum Gasteiger partial charge on any atom is 0.103 e. The van der Waals surface area contributed by atoms with Crippen molar-refractivity contribution in [1.29, 1.82) is 0 Å². The Kier molecular flexibility index (Phi) is 3.10. The normalized spacial score (nSPS) is 20.9. The quantitative estimate of drug-likeness (QED) is 0.885. The van der Waals surface area contributed by atoms with Crippen LogP contribution in [0.3, 0.4) is 0 Å². The highest BCUT2D eigenvalue weighted by molar-refractivity contribution is 5.61. The fraction of sp³-hybridized carbons (Fsp3) is 0.176. The molecule has 0 amide bonds. The van der Waals surface area contributed by atoms with E-state index >= 15 is 0 Å². The van der Waals surface area contributed by atoms with Crippen molar-refractivity contribution in [3.05, 3.63) is 71.8 Å². The molecular formula is C17H17NO. The zero-order chi connectivity index (χ0) is 13.2. The van der Waals surface area contributed by atoms with Gasteiger partial charge in [0, 0.05) is 12.7 Å². The Hall–Kier alpha value is -2.06. The van der Waals surface area contributed by atoms with E-state index in [1.54, 1.807) is 0 Å². The van der Waals surface area contributed by atoms with Gasteiger partial charge in [0.05, 0.1) is 6.04 Å². The lowest BCUT2D eigenvalue weighted by atomic mass is 9.90. The molecule has 0 fully saturated rings. The van der Waals surface area contributed by atoms with Gasteiger partial charge in [0.1, 0.15) is 6.10 Å². The number of rotatable bonds is 2. The van der Waals surface area contributed by atoms with Crippen LogP contribution in [0.5, 0.6) is 0 Å². The average Bonchev–Trinajstić information content (AvgIpc) is 2.48. The van der Waals surface area contributed by atoms with Gasteiger partial charge in [0.15, 0.2) is 0 Å². The van der Waals surface area contributed by atoms with Crippen LogP contribution < -0.4 is 4.90 Å². The number of nitrogens with zero attached hydrogens (tertiary/aromatic N) is 1. The van der Waals surface area contributed by atoms with Crippen LogP contribution in [-0.2, 0) is 0 Å². The predicted molar refractivity (Wildman–Crippen MR) is 79.1 cm³/mol. The van der Waals surface area contributed by atoms with Gasteiger partial charge in [-0.2, -0.15) is 0 Å². The van der Waals surface area contributed by atoms with Crippen molar-refractivity contribution >= 4 is 11.8 Å². The summed E-state index contributed by atoms with van der Waals surface area (Å²) in [4.78, 5) is 2.11. The van der Waals surface area contributed by atoms with Crippen molar-refractivity contribution < 1.29 is 5.11 Å². The van der Waals surface area contributed by atoms with E-state index in [9.17, 15) is 5.11 Å². The Morgan fingerprint density at radius 1 is 0.947 bits per heavy atom. The Morgan fingerprint density at radius 3 is 2.42 bits per heavy atom. The molecular weight excluding hydrogens is 234 g/mol. The van der Waals surface area contributed by atoms with E-state index in [1.165, 1.54) is 0 Å². The monoisotopic (exact) mass is 251 g/mol. The molecule has 0 radical (unpaired) electrons. The first kappa shape index (κ1) is 12.0. The highest BCUT2D eigenvalue weighted by Gasteiger charge is 2.27. The molecule has 2 aromatic rings. The highest BCUT2D eigenvalue weighted by atomic mass is 16.3. The van der Waals surface area contributed by atoms with Gasteiger partial charge in [-0.15, -0.1) is 0 Å². The van der Waals surface area contributed by atoms with Gasteiger partial charge in [0.25, 0.3) is 0 Å². The van der Waals surface area contributed by atoms with Crippen molar-refractivity contribution in [2.24, 2.45) is 0 Å². The molecule has 0 saturated heterocycles. The number of aliphatic hydroxyl groups excluding tert-OH is 1. The lowest BCUT2D eigenvalue weighted by molar-refractivity contribution is 0.159. The van der Waals surface area contributed by atoms with Gasteiger partial charge in [0.2, 0.25) is 0 Å². The molecule has 1 aliphatic rings. The molecule has 2 nitrogen and oxygen atoms in total. The fourth-order valence-corrected chi connectivity index (χ4v) is 2.60. The van der Waals surface area contributed by atoms with Crippen molar-refractivity contribution in [2.75, 3.05) is 11.9 Å². The molecule has 96 valence electrons. The summed E-state index contributed by atoms with van der Waals surface area (Å²) in [5.41, 5.74) is 3.21. The van der Waals surface area contributed by atoms with Gasteiger partial charge in [-0.25, -0.2) is 0 Å². The lowest BCUT2D eigenvalue weighted by Crippen LogP contribution is -2.36. The molecule has 1 aliphatic carbocycles. The minimum absolute atomic E-state index is 0.0303. The summed E-state index contributed by atoms with van der Waals surface area (Å²) in [6, 6.07) is 18.1. The summed E-state index contributed by atoms with van der Waals surface area (Å²) in [7, 11) is 2.02. The molecule has 2 atom stereocenters. The number of benzene rings is 2. The molecule has 1 N–H and O–H groups in total. The van der Waals surface area contributed by atoms with Gasteiger partial charge in [-0.3, -0.25) is 0 Å². The largest absolute Gasteiger partial charge is 0.386 e. The van der Waals surface area contributed by atoms with E-state index in [4.69, 9.17) is 0 Å². The Morgan fingerprint density at radius 2 is 1.63 bits per heavy atom. The van der Waals surface area contributed by atoms with E-state index in [1.807, 2.05) is 49.5 Å². The molecule has 19 heavy (non-hydrogen) atoms. The number of fused-ring (bicyclic) bond motifs is 1. The van der Waals surface area contributed by atoms with Crippen molar-refractivity contribution in [1.82, 2.24) is 0 Å². The summed E-state index contributed by atoms with van der Waals surface area (Å²) in [5, 5.41) is 10.6. The molecule has 0 aromatic heterocycles. The summed E-state index contributed by atoms with van der Waals surface area (Å²) in [6.07, 6.45) is 3.66. The van der Waals surface area contributed by atoms with Gasteiger partial charge in [-0.1, -0.05) is 54.6 Å².